The van der Waals surface area contributed by atoms with E-state index in [0.717, 1.165) is 5.39 Å². The van der Waals surface area contributed by atoms with Crippen LogP contribution in [0.25, 0.3) is 21.9 Å². The van der Waals surface area contributed by atoms with Crippen molar-refractivity contribution >= 4 is 35.0 Å². The summed E-state index contributed by atoms with van der Waals surface area (Å²) < 4.78 is 14.7. The highest BCUT2D eigenvalue weighted by molar-refractivity contribution is 7.80. The molecule has 3 aromatic carbocycles. The molecule has 0 spiro atoms. The predicted molar refractivity (Wildman–Crippen MR) is 81.6 cm³/mol. The Hall–Kier alpha value is -1.51. The molecule has 0 aliphatic carbocycles. The van der Waals surface area contributed by atoms with Gasteiger partial charge in [0.1, 0.15) is 5.82 Å². The normalized spacial score (nSPS) is 10.9. The number of hydrogen-bond donors (Lipinski definition) is 1. The van der Waals surface area contributed by atoms with Crippen LogP contribution in [0.2, 0.25) is 5.02 Å². The topological polar surface area (TPSA) is 0 Å². The number of halogens is 2. The Balaban J connectivity index is 2.39. The number of benzene rings is 3. The van der Waals surface area contributed by atoms with Crippen molar-refractivity contribution in [1.82, 2.24) is 0 Å². The van der Waals surface area contributed by atoms with Crippen molar-refractivity contribution in [2.75, 3.05) is 0 Å². The van der Waals surface area contributed by atoms with Crippen LogP contribution in [0.3, 0.4) is 0 Å². The molecule has 0 fully saturated rings. The maximum atomic E-state index is 14.7. The van der Waals surface area contributed by atoms with E-state index < -0.39 is 0 Å². The van der Waals surface area contributed by atoms with Crippen molar-refractivity contribution in [2.45, 2.75) is 4.90 Å². The third kappa shape index (κ3) is 2.11. The van der Waals surface area contributed by atoms with Crippen molar-refractivity contribution in [2.24, 2.45) is 0 Å². The zero-order chi connectivity index (χ0) is 13.4. The lowest BCUT2D eigenvalue weighted by atomic mass is 10.00. The number of rotatable bonds is 1. The molecule has 0 saturated carbocycles. The van der Waals surface area contributed by atoms with Gasteiger partial charge in [0.05, 0.1) is 5.02 Å². The van der Waals surface area contributed by atoms with Crippen LogP contribution in [0.5, 0.6) is 0 Å². The molecular weight excluding hydrogens is 279 g/mol. The minimum absolute atomic E-state index is 0.301. The van der Waals surface area contributed by atoms with E-state index in [0.29, 0.717) is 26.4 Å². The Morgan fingerprint density at radius 2 is 1.63 bits per heavy atom. The van der Waals surface area contributed by atoms with Gasteiger partial charge in [-0.1, -0.05) is 54.1 Å². The fraction of sp³-hybridized carbons (Fsp3) is 0. The summed E-state index contributed by atoms with van der Waals surface area (Å²) >= 11 is 10.6. The monoisotopic (exact) mass is 288 g/mol. The number of fused-ring (bicyclic) bond motifs is 1. The van der Waals surface area contributed by atoms with Crippen LogP contribution in [0.4, 0.5) is 4.39 Å². The van der Waals surface area contributed by atoms with E-state index in [1.54, 1.807) is 12.1 Å². The molecule has 0 amide bonds. The smallest absolute Gasteiger partial charge is 0.140 e. The second kappa shape index (κ2) is 4.87. The Bertz CT molecular complexity index is 768. The molecular formula is C16H10ClFS. The largest absolute Gasteiger partial charge is 0.206 e. The maximum absolute atomic E-state index is 14.7. The van der Waals surface area contributed by atoms with Crippen molar-refractivity contribution in [3.05, 3.63) is 65.4 Å². The molecule has 0 nitrogen and oxygen atoms in total. The van der Waals surface area contributed by atoms with Gasteiger partial charge in [0.25, 0.3) is 0 Å². The zero-order valence-corrected chi connectivity index (χ0v) is 11.5. The first-order valence-corrected chi connectivity index (χ1v) is 6.66. The van der Waals surface area contributed by atoms with E-state index in [-0.39, 0.29) is 5.82 Å². The van der Waals surface area contributed by atoms with E-state index in [1.807, 2.05) is 42.5 Å². The molecule has 0 radical (unpaired) electrons. The molecule has 3 rings (SSSR count). The second-order valence-electron chi connectivity index (χ2n) is 4.29. The Labute approximate surface area is 121 Å². The minimum atomic E-state index is -0.301. The molecule has 3 aromatic rings. The summed E-state index contributed by atoms with van der Waals surface area (Å²) in [5, 5.41) is 1.77. The second-order valence-corrected chi connectivity index (χ2v) is 5.17. The van der Waals surface area contributed by atoms with Crippen molar-refractivity contribution < 1.29 is 4.39 Å². The molecule has 94 valence electrons. The first-order valence-electron chi connectivity index (χ1n) is 5.83. The molecule has 0 aliphatic rings. The van der Waals surface area contributed by atoms with Gasteiger partial charge in [-0.05, 0) is 23.1 Å². The van der Waals surface area contributed by atoms with Gasteiger partial charge in [0.15, 0.2) is 0 Å². The van der Waals surface area contributed by atoms with E-state index in [1.165, 1.54) is 0 Å². The molecule has 0 aromatic heterocycles. The Morgan fingerprint density at radius 1 is 0.947 bits per heavy atom. The molecule has 0 saturated heterocycles. The molecule has 0 aliphatic heterocycles. The third-order valence-electron chi connectivity index (χ3n) is 3.11. The lowest BCUT2D eigenvalue weighted by Gasteiger charge is -2.11. The van der Waals surface area contributed by atoms with E-state index in [2.05, 4.69) is 12.6 Å². The van der Waals surface area contributed by atoms with Crippen LogP contribution < -0.4 is 0 Å². The quantitative estimate of drug-likeness (QED) is 0.555. The molecule has 0 N–H and O–H groups in total. The van der Waals surface area contributed by atoms with E-state index >= 15 is 0 Å². The van der Waals surface area contributed by atoms with Crippen LogP contribution in [0, 0.1) is 5.82 Å². The SMILES string of the molecule is Fc1c(-c2ccccc2S)c(Cl)cc2ccccc12. The van der Waals surface area contributed by atoms with Crippen LogP contribution in [0.15, 0.2) is 59.5 Å². The molecule has 0 heterocycles. The van der Waals surface area contributed by atoms with Crippen molar-refractivity contribution in [3.8, 4) is 11.1 Å². The molecule has 3 heteroatoms. The van der Waals surface area contributed by atoms with Gasteiger partial charge in [-0.15, -0.1) is 12.6 Å². The van der Waals surface area contributed by atoms with Crippen molar-refractivity contribution in [1.29, 1.82) is 0 Å². The van der Waals surface area contributed by atoms with Crippen LogP contribution in [-0.4, -0.2) is 0 Å². The lowest BCUT2D eigenvalue weighted by molar-refractivity contribution is 0.643. The highest BCUT2D eigenvalue weighted by atomic mass is 35.5. The first-order chi connectivity index (χ1) is 9.18. The number of thiol groups is 1. The number of hydrogen-bond acceptors (Lipinski definition) is 1. The van der Waals surface area contributed by atoms with Gasteiger partial charge in [0, 0.05) is 15.8 Å². The summed E-state index contributed by atoms with van der Waals surface area (Å²) in [4.78, 5) is 0.707. The summed E-state index contributed by atoms with van der Waals surface area (Å²) in [7, 11) is 0. The van der Waals surface area contributed by atoms with Crippen molar-refractivity contribution in [3.63, 3.8) is 0 Å². The molecule has 0 bridgehead atoms. The highest BCUT2D eigenvalue weighted by Gasteiger charge is 2.15. The van der Waals surface area contributed by atoms with Crippen LogP contribution >= 0.6 is 24.2 Å². The average Bonchev–Trinajstić information content (AvgIpc) is 2.41. The Kier molecular flexibility index (Phi) is 3.21. The molecule has 0 unspecified atom stereocenters. The van der Waals surface area contributed by atoms with Gasteiger partial charge >= 0.3 is 0 Å². The third-order valence-corrected chi connectivity index (χ3v) is 3.80. The molecule has 19 heavy (non-hydrogen) atoms. The summed E-state index contributed by atoms with van der Waals surface area (Å²) in [5.74, 6) is -0.301. The van der Waals surface area contributed by atoms with Gasteiger partial charge < -0.3 is 0 Å². The first kappa shape index (κ1) is 12.5. The minimum Gasteiger partial charge on any atom is -0.206 e. The van der Waals surface area contributed by atoms with Crippen LogP contribution in [-0.2, 0) is 0 Å². The zero-order valence-electron chi connectivity index (χ0n) is 9.90. The standard InChI is InChI=1S/C16H10ClFS/c17-13-9-10-5-1-2-6-11(10)16(18)15(13)12-7-3-4-8-14(12)19/h1-9,19H. The summed E-state index contributed by atoms with van der Waals surface area (Å²) in [5.41, 5.74) is 1.12. The van der Waals surface area contributed by atoms with E-state index in [4.69, 9.17) is 11.6 Å². The predicted octanol–water partition coefficient (Wildman–Crippen LogP) is 5.59. The van der Waals surface area contributed by atoms with Gasteiger partial charge in [-0.25, -0.2) is 4.39 Å². The highest BCUT2D eigenvalue weighted by Crippen LogP contribution is 2.38. The van der Waals surface area contributed by atoms with Gasteiger partial charge in [-0.2, -0.15) is 0 Å². The maximum Gasteiger partial charge on any atom is 0.140 e. The van der Waals surface area contributed by atoms with E-state index in [9.17, 15) is 4.39 Å². The fourth-order valence-corrected chi connectivity index (χ4v) is 2.78. The summed E-state index contributed by atoms with van der Waals surface area (Å²) in [6, 6.07) is 16.4. The lowest BCUT2D eigenvalue weighted by Crippen LogP contribution is -1.90. The molecule has 0 atom stereocenters. The summed E-state index contributed by atoms with van der Waals surface area (Å²) in [6.45, 7) is 0. The van der Waals surface area contributed by atoms with Gasteiger partial charge in [0.2, 0.25) is 0 Å². The van der Waals surface area contributed by atoms with Crippen LogP contribution in [0.1, 0.15) is 0 Å². The summed E-state index contributed by atoms with van der Waals surface area (Å²) in [6.07, 6.45) is 0. The Morgan fingerprint density at radius 3 is 2.42 bits per heavy atom. The average molecular weight is 289 g/mol. The fourth-order valence-electron chi connectivity index (χ4n) is 2.20. The van der Waals surface area contributed by atoms with Gasteiger partial charge in [-0.3, -0.25) is 0 Å².